The summed E-state index contributed by atoms with van der Waals surface area (Å²) >= 11 is 0. The minimum absolute atomic E-state index is 0.135. The summed E-state index contributed by atoms with van der Waals surface area (Å²) in [5.74, 6) is -6.06. The van der Waals surface area contributed by atoms with E-state index >= 15 is 0 Å². The van der Waals surface area contributed by atoms with E-state index in [1.54, 1.807) is 0 Å². The number of pyridine rings is 1. The normalized spacial score (nSPS) is 12.9. The predicted molar refractivity (Wildman–Crippen MR) is 101 cm³/mol. The van der Waals surface area contributed by atoms with E-state index in [-0.39, 0.29) is 11.1 Å². The molecule has 5 nitrogen and oxygen atoms in total. The molecule has 192 valence electrons. The SMILES string of the molecule is C/C(=C\c1ccc(C(F)(F)F)cc1)C(=O)Nc1nc(OCC(F)(F)F)cc(OCC(F)(F)F)c1F. The molecule has 0 radical (unpaired) electrons. The maximum Gasteiger partial charge on any atom is 0.422 e. The number of benzene rings is 1. The largest absolute Gasteiger partial charge is 0.481 e. The Morgan fingerprint density at radius 2 is 1.49 bits per heavy atom. The smallest absolute Gasteiger partial charge is 0.422 e. The number of carbonyl (C=O) groups excluding carboxylic acids is 1. The van der Waals surface area contributed by atoms with Gasteiger partial charge in [0.15, 0.2) is 24.8 Å². The van der Waals surface area contributed by atoms with E-state index < -0.39 is 66.5 Å². The summed E-state index contributed by atoms with van der Waals surface area (Å²) in [4.78, 5) is 15.7. The molecule has 1 amide bonds. The van der Waals surface area contributed by atoms with Crippen LogP contribution >= 0.6 is 0 Å². The molecule has 1 N–H and O–H groups in total. The number of nitrogens with one attached hydrogen (secondary N) is 1. The number of alkyl halides is 9. The standard InChI is InChI=1S/C20H14F10N2O3/c1-10(6-11-2-4-12(5-3-11)20(28,29)30)17(33)32-16-15(21)13(34-8-18(22,23)24)7-14(31-16)35-9-19(25,26)27/h2-7H,8-9H2,1H3,(H,31,32,33)/b10-6+. The zero-order valence-corrected chi connectivity index (χ0v) is 17.3. The average Bonchev–Trinajstić information content (AvgIpc) is 2.71. The van der Waals surface area contributed by atoms with Crippen LogP contribution in [-0.2, 0) is 11.0 Å². The van der Waals surface area contributed by atoms with Crippen molar-refractivity contribution in [2.75, 3.05) is 18.5 Å². The van der Waals surface area contributed by atoms with Gasteiger partial charge in [-0.25, -0.2) is 0 Å². The van der Waals surface area contributed by atoms with Crippen LogP contribution in [0.3, 0.4) is 0 Å². The molecule has 1 aromatic heterocycles. The van der Waals surface area contributed by atoms with Crippen molar-refractivity contribution in [2.24, 2.45) is 0 Å². The number of nitrogens with zero attached hydrogens (tertiary/aromatic N) is 1. The molecule has 1 heterocycles. The highest BCUT2D eigenvalue weighted by Gasteiger charge is 2.32. The van der Waals surface area contributed by atoms with Crippen molar-refractivity contribution in [1.29, 1.82) is 0 Å². The molecule has 0 saturated carbocycles. The molecule has 0 fully saturated rings. The molecule has 0 atom stereocenters. The van der Waals surface area contributed by atoms with Gasteiger partial charge in [0, 0.05) is 11.6 Å². The lowest BCUT2D eigenvalue weighted by atomic mass is 10.1. The summed E-state index contributed by atoms with van der Waals surface area (Å²) in [7, 11) is 0. The Kier molecular flexibility index (Phi) is 8.23. The summed E-state index contributed by atoms with van der Waals surface area (Å²) in [6.07, 6.45) is -13.3. The number of carbonyl (C=O) groups is 1. The van der Waals surface area contributed by atoms with E-state index in [1.165, 1.54) is 0 Å². The van der Waals surface area contributed by atoms with Crippen LogP contribution in [0.25, 0.3) is 6.08 Å². The van der Waals surface area contributed by atoms with E-state index in [2.05, 4.69) is 14.5 Å². The monoisotopic (exact) mass is 520 g/mol. The molecule has 0 aliphatic heterocycles. The lowest BCUT2D eigenvalue weighted by Crippen LogP contribution is -2.22. The predicted octanol–water partition coefficient (Wildman–Crippen LogP) is 6.16. The van der Waals surface area contributed by atoms with Crippen molar-refractivity contribution in [1.82, 2.24) is 4.98 Å². The highest BCUT2D eigenvalue weighted by Crippen LogP contribution is 2.31. The molecule has 2 rings (SSSR count). The van der Waals surface area contributed by atoms with Crippen LogP contribution in [0.4, 0.5) is 49.7 Å². The van der Waals surface area contributed by atoms with Gasteiger partial charge in [-0.1, -0.05) is 12.1 Å². The van der Waals surface area contributed by atoms with Gasteiger partial charge in [0.1, 0.15) is 0 Å². The zero-order valence-electron chi connectivity index (χ0n) is 17.3. The van der Waals surface area contributed by atoms with Gasteiger partial charge in [-0.3, -0.25) is 4.79 Å². The summed E-state index contributed by atoms with van der Waals surface area (Å²) in [5.41, 5.74) is -1.04. The first-order valence-corrected chi connectivity index (χ1v) is 9.21. The number of hydrogen-bond acceptors (Lipinski definition) is 4. The van der Waals surface area contributed by atoms with Gasteiger partial charge in [-0.05, 0) is 30.7 Å². The number of aromatic nitrogens is 1. The zero-order chi connectivity index (χ0) is 26.6. The van der Waals surface area contributed by atoms with E-state index in [4.69, 9.17) is 0 Å². The van der Waals surface area contributed by atoms with Crippen molar-refractivity contribution in [2.45, 2.75) is 25.5 Å². The second kappa shape index (κ2) is 10.4. The van der Waals surface area contributed by atoms with Crippen LogP contribution in [-0.4, -0.2) is 36.5 Å². The topological polar surface area (TPSA) is 60.5 Å². The lowest BCUT2D eigenvalue weighted by molar-refractivity contribution is -0.154. The average molecular weight is 520 g/mol. The third-order valence-electron chi connectivity index (χ3n) is 3.89. The molecule has 0 spiro atoms. The lowest BCUT2D eigenvalue weighted by Gasteiger charge is -2.15. The number of halogens is 10. The second-order valence-electron chi connectivity index (χ2n) is 6.83. The molecule has 0 aliphatic carbocycles. The Hall–Kier alpha value is -3.52. The molecule has 0 bridgehead atoms. The first-order valence-electron chi connectivity index (χ1n) is 9.21. The molecule has 1 aromatic carbocycles. The van der Waals surface area contributed by atoms with E-state index in [0.29, 0.717) is 6.07 Å². The maximum atomic E-state index is 14.5. The fourth-order valence-electron chi connectivity index (χ4n) is 2.35. The molecule has 0 saturated heterocycles. The van der Waals surface area contributed by atoms with Crippen molar-refractivity contribution in [3.05, 3.63) is 52.8 Å². The van der Waals surface area contributed by atoms with Crippen LogP contribution in [0.2, 0.25) is 0 Å². The fourth-order valence-corrected chi connectivity index (χ4v) is 2.35. The van der Waals surface area contributed by atoms with Gasteiger partial charge in [-0.15, -0.1) is 0 Å². The number of anilines is 1. The van der Waals surface area contributed by atoms with Gasteiger partial charge in [0.2, 0.25) is 11.7 Å². The van der Waals surface area contributed by atoms with Gasteiger partial charge >= 0.3 is 18.5 Å². The Bertz CT molecular complexity index is 1070. The molecular weight excluding hydrogens is 506 g/mol. The third kappa shape index (κ3) is 8.98. The van der Waals surface area contributed by atoms with Gasteiger partial charge in [0.05, 0.1) is 5.56 Å². The van der Waals surface area contributed by atoms with Crippen molar-refractivity contribution in [3.8, 4) is 11.6 Å². The van der Waals surface area contributed by atoms with Gasteiger partial charge < -0.3 is 14.8 Å². The quantitative estimate of drug-likeness (QED) is 0.351. The summed E-state index contributed by atoms with van der Waals surface area (Å²) in [5, 5.41) is 1.85. The summed E-state index contributed by atoms with van der Waals surface area (Å²) < 4.78 is 135. The van der Waals surface area contributed by atoms with Crippen molar-refractivity contribution < 1.29 is 58.2 Å². The van der Waals surface area contributed by atoms with Crippen LogP contribution in [0, 0.1) is 5.82 Å². The van der Waals surface area contributed by atoms with E-state index in [9.17, 15) is 48.7 Å². The first-order chi connectivity index (χ1) is 15.9. The Balaban J connectivity index is 2.29. The third-order valence-corrected chi connectivity index (χ3v) is 3.89. The summed E-state index contributed by atoms with van der Waals surface area (Å²) in [6, 6.07) is 3.89. The number of hydrogen-bond donors (Lipinski definition) is 1. The van der Waals surface area contributed by atoms with Crippen LogP contribution in [0.1, 0.15) is 18.1 Å². The van der Waals surface area contributed by atoms with E-state index in [1.807, 2.05) is 5.32 Å². The summed E-state index contributed by atoms with van der Waals surface area (Å²) in [6.45, 7) is -2.77. The molecule has 35 heavy (non-hydrogen) atoms. The minimum Gasteiger partial charge on any atom is -0.481 e. The minimum atomic E-state index is -4.92. The fraction of sp³-hybridized carbons (Fsp3) is 0.300. The molecule has 15 heteroatoms. The van der Waals surface area contributed by atoms with Crippen molar-refractivity contribution >= 4 is 17.8 Å². The van der Waals surface area contributed by atoms with Crippen LogP contribution in [0.5, 0.6) is 11.6 Å². The molecular formula is C20H14F10N2O3. The molecule has 2 aromatic rings. The van der Waals surface area contributed by atoms with Crippen LogP contribution in [0.15, 0.2) is 35.9 Å². The van der Waals surface area contributed by atoms with E-state index in [0.717, 1.165) is 37.3 Å². The Morgan fingerprint density at radius 3 is 2.00 bits per heavy atom. The number of ether oxygens (including phenoxy) is 2. The maximum absolute atomic E-state index is 14.5. The molecule has 0 aliphatic rings. The highest BCUT2D eigenvalue weighted by molar-refractivity contribution is 6.06. The number of amides is 1. The number of rotatable bonds is 7. The Morgan fingerprint density at radius 1 is 0.943 bits per heavy atom. The van der Waals surface area contributed by atoms with Crippen molar-refractivity contribution in [3.63, 3.8) is 0 Å². The Labute approximate surface area is 190 Å². The van der Waals surface area contributed by atoms with Gasteiger partial charge in [-0.2, -0.15) is 48.9 Å². The molecule has 0 unspecified atom stereocenters. The van der Waals surface area contributed by atoms with Crippen LogP contribution < -0.4 is 14.8 Å². The first kappa shape index (κ1) is 27.7. The van der Waals surface area contributed by atoms with Gasteiger partial charge in [0.25, 0.3) is 5.91 Å². The highest BCUT2D eigenvalue weighted by atomic mass is 19.4. The second-order valence-corrected chi connectivity index (χ2v) is 6.83.